The van der Waals surface area contributed by atoms with Crippen molar-refractivity contribution in [2.24, 2.45) is 0 Å². The number of anilines is 1. The molecule has 4 aromatic carbocycles. The fourth-order valence-corrected chi connectivity index (χ4v) is 7.13. The Labute approximate surface area is 268 Å². The van der Waals surface area contributed by atoms with Gasteiger partial charge in [0, 0.05) is 29.2 Å². The largest absolute Gasteiger partial charge is 0.481 e. The van der Waals surface area contributed by atoms with Crippen LogP contribution in [0, 0.1) is 0 Å². The van der Waals surface area contributed by atoms with Gasteiger partial charge in [0.2, 0.25) is 0 Å². The number of hydrogen-bond donors (Lipinski definition) is 3. The van der Waals surface area contributed by atoms with Crippen molar-refractivity contribution >= 4 is 45.5 Å². The Kier molecular flexibility index (Phi) is 9.78. The van der Waals surface area contributed by atoms with Crippen molar-refractivity contribution in [3.8, 4) is 0 Å². The van der Waals surface area contributed by atoms with Crippen LogP contribution in [0.5, 0.6) is 0 Å². The van der Waals surface area contributed by atoms with Crippen LogP contribution in [0.4, 0.5) is 5.69 Å². The van der Waals surface area contributed by atoms with Crippen LogP contribution in [-0.2, 0) is 11.3 Å². The molecule has 1 aliphatic heterocycles. The molecule has 0 radical (unpaired) electrons. The Morgan fingerprint density at radius 3 is 2.13 bits per heavy atom. The molecule has 0 spiro atoms. The number of carbonyl (C=O) groups excluding carboxylic acids is 1. The molecule has 4 aromatic rings. The number of rotatable bonds is 11. The molecule has 0 saturated carbocycles. The second-order valence-electron chi connectivity index (χ2n) is 11.2. The average Bonchev–Trinajstić information content (AvgIpc) is 3.48. The van der Waals surface area contributed by atoms with Crippen LogP contribution in [0.15, 0.2) is 115 Å². The van der Waals surface area contributed by atoms with Gasteiger partial charge in [-0.15, -0.1) is 0 Å². The molecule has 7 heteroatoms. The van der Waals surface area contributed by atoms with E-state index in [1.165, 1.54) is 40.1 Å². The van der Waals surface area contributed by atoms with Gasteiger partial charge in [0.25, 0.3) is 5.91 Å². The Morgan fingerprint density at radius 1 is 0.800 bits per heavy atom. The number of nitrogens with zero attached hydrogens (tertiary/aromatic N) is 1. The van der Waals surface area contributed by atoms with Crippen LogP contribution in [0.1, 0.15) is 64.7 Å². The highest BCUT2D eigenvalue weighted by Crippen LogP contribution is 2.49. The molecule has 2 aliphatic rings. The highest BCUT2D eigenvalue weighted by molar-refractivity contribution is 8.09. The van der Waals surface area contributed by atoms with Gasteiger partial charge >= 0.3 is 5.97 Å². The number of carbonyl (C=O) groups is 2. The van der Waals surface area contributed by atoms with Gasteiger partial charge in [-0.25, -0.2) is 0 Å². The lowest BCUT2D eigenvalue weighted by Crippen LogP contribution is -2.39. The first kappa shape index (κ1) is 30.4. The zero-order chi connectivity index (χ0) is 31.0. The molecule has 1 aliphatic carbocycles. The minimum Gasteiger partial charge on any atom is -0.481 e. The van der Waals surface area contributed by atoms with Gasteiger partial charge in [-0.1, -0.05) is 103 Å². The summed E-state index contributed by atoms with van der Waals surface area (Å²) in [5, 5.41) is 15.3. The van der Waals surface area contributed by atoms with Gasteiger partial charge in [0.1, 0.15) is 5.50 Å². The van der Waals surface area contributed by atoms with Crippen LogP contribution in [-0.4, -0.2) is 29.0 Å². The summed E-state index contributed by atoms with van der Waals surface area (Å²) in [7, 11) is 0. The van der Waals surface area contributed by atoms with E-state index in [0.717, 1.165) is 29.7 Å². The molecule has 6 rings (SSSR count). The molecule has 0 saturated heterocycles. The lowest BCUT2D eigenvalue weighted by atomic mass is 9.93. The summed E-state index contributed by atoms with van der Waals surface area (Å²) >= 11 is 1.81. The summed E-state index contributed by atoms with van der Waals surface area (Å²) in [5.41, 5.74) is 8.86. The lowest BCUT2D eigenvalue weighted by molar-refractivity contribution is -0.136. The molecule has 1 atom stereocenters. The molecule has 6 nitrogen and oxygen atoms in total. The third-order valence-corrected chi connectivity index (χ3v) is 9.40. The molecule has 228 valence electrons. The van der Waals surface area contributed by atoms with Crippen molar-refractivity contribution in [2.75, 3.05) is 11.4 Å². The number of nitrogens with one attached hydrogen (secondary N) is 2. The fraction of sp³-hybridized carbons (Fsp3) is 0.211. The topological polar surface area (TPSA) is 81.7 Å². The van der Waals surface area contributed by atoms with E-state index in [-0.39, 0.29) is 24.4 Å². The van der Waals surface area contributed by atoms with Crippen LogP contribution < -0.4 is 15.5 Å². The van der Waals surface area contributed by atoms with Crippen LogP contribution in [0.25, 0.3) is 16.2 Å². The molecular weight excluding hydrogens is 579 g/mol. The van der Waals surface area contributed by atoms with Crippen molar-refractivity contribution < 1.29 is 14.7 Å². The number of carboxylic acids is 1. The van der Waals surface area contributed by atoms with Crippen molar-refractivity contribution in [3.05, 3.63) is 143 Å². The van der Waals surface area contributed by atoms with E-state index in [1.807, 2.05) is 30.0 Å². The van der Waals surface area contributed by atoms with Gasteiger partial charge < -0.3 is 15.3 Å². The summed E-state index contributed by atoms with van der Waals surface area (Å²) in [6.45, 7) is 0.704. The molecule has 1 unspecified atom stereocenters. The molecule has 45 heavy (non-hydrogen) atoms. The predicted molar refractivity (Wildman–Crippen MR) is 184 cm³/mol. The van der Waals surface area contributed by atoms with E-state index in [1.54, 1.807) is 12.1 Å². The van der Waals surface area contributed by atoms with E-state index in [0.29, 0.717) is 12.1 Å². The summed E-state index contributed by atoms with van der Waals surface area (Å²) in [4.78, 5) is 26.8. The standard InChI is InChI=1S/C38H37N3O3S/c42-34(43)24-25-39-37(44)32-18-16-27(17-19-32)26-40-38-41(33-22-20-29(21-23-33)28-10-4-1-5-11-28)35(30-12-6-2-7-13-30)36(45-38)31-14-8-3-9-15-31/h2-3,6-10,12-23,38,40H,1,4-5,11,24-26H2,(H,39,44)(H,42,43). The maximum Gasteiger partial charge on any atom is 0.305 e. The quantitative estimate of drug-likeness (QED) is 0.159. The lowest BCUT2D eigenvalue weighted by Gasteiger charge is -2.30. The van der Waals surface area contributed by atoms with Crippen LogP contribution in [0.3, 0.4) is 0 Å². The Morgan fingerprint density at radius 2 is 1.49 bits per heavy atom. The molecule has 3 N–H and O–H groups in total. The third kappa shape index (κ3) is 7.39. The van der Waals surface area contributed by atoms with E-state index in [4.69, 9.17) is 5.11 Å². The Bertz CT molecular complexity index is 1680. The van der Waals surface area contributed by atoms with Crippen molar-refractivity contribution in [3.63, 3.8) is 0 Å². The molecular formula is C38H37N3O3S. The number of amides is 1. The monoisotopic (exact) mass is 615 g/mol. The smallest absolute Gasteiger partial charge is 0.305 e. The van der Waals surface area contributed by atoms with Crippen LogP contribution in [0.2, 0.25) is 0 Å². The van der Waals surface area contributed by atoms with E-state index >= 15 is 0 Å². The number of thioether (sulfide) groups is 1. The predicted octanol–water partition coefficient (Wildman–Crippen LogP) is 8.00. The first-order chi connectivity index (χ1) is 22.1. The van der Waals surface area contributed by atoms with Crippen molar-refractivity contribution in [1.82, 2.24) is 10.6 Å². The maximum absolute atomic E-state index is 12.4. The second kappa shape index (κ2) is 14.5. The Hall–Kier alpha value is -4.59. The summed E-state index contributed by atoms with van der Waals surface area (Å²) < 4.78 is 0. The highest BCUT2D eigenvalue weighted by atomic mass is 32.2. The number of allylic oxidation sites excluding steroid dienone is 2. The molecule has 0 bridgehead atoms. The zero-order valence-corrected chi connectivity index (χ0v) is 25.9. The molecule has 0 fully saturated rings. The summed E-state index contributed by atoms with van der Waals surface area (Å²) in [6, 6.07) is 37.6. The SMILES string of the molecule is O=C(O)CCNC(=O)c1ccc(CNC2SC(c3ccccc3)=C(c3ccccc3)N2c2ccc(C3=CCCCC3)cc2)cc1. The first-order valence-electron chi connectivity index (χ1n) is 15.5. The molecule has 0 aromatic heterocycles. The van der Waals surface area contributed by atoms with Crippen molar-refractivity contribution in [2.45, 2.75) is 44.1 Å². The molecule has 1 heterocycles. The highest BCUT2D eigenvalue weighted by Gasteiger charge is 2.35. The summed E-state index contributed by atoms with van der Waals surface area (Å²) in [6.07, 6.45) is 7.11. The second-order valence-corrected chi connectivity index (χ2v) is 12.3. The number of aliphatic carboxylic acids is 1. The number of carboxylic acid groups (broad SMARTS) is 1. The zero-order valence-electron chi connectivity index (χ0n) is 25.1. The van der Waals surface area contributed by atoms with Gasteiger partial charge in [0.05, 0.1) is 12.1 Å². The Balaban J connectivity index is 1.28. The number of hydrogen-bond acceptors (Lipinski definition) is 5. The molecule has 1 amide bonds. The van der Waals surface area contributed by atoms with Gasteiger partial charge in [-0.05, 0) is 77.8 Å². The van der Waals surface area contributed by atoms with E-state index < -0.39 is 5.97 Å². The van der Waals surface area contributed by atoms with Crippen LogP contribution >= 0.6 is 11.8 Å². The average molecular weight is 616 g/mol. The third-order valence-electron chi connectivity index (χ3n) is 8.13. The minimum atomic E-state index is -0.937. The normalized spacial score (nSPS) is 16.4. The van der Waals surface area contributed by atoms with Gasteiger partial charge in [-0.3, -0.25) is 14.9 Å². The van der Waals surface area contributed by atoms with E-state index in [2.05, 4.69) is 100 Å². The fourth-order valence-electron chi connectivity index (χ4n) is 5.81. The van der Waals surface area contributed by atoms with E-state index in [9.17, 15) is 9.59 Å². The minimum absolute atomic E-state index is 0.0749. The first-order valence-corrected chi connectivity index (χ1v) is 16.4. The summed E-state index contributed by atoms with van der Waals surface area (Å²) in [5.74, 6) is -1.21. The van der Waals surface area contributed by atoms with Crippen molar-refractivity contribution in [1.29, 1.82) is 0 Å². The van der Waals surface area contributed by atoms with Gasteiger partial charge in [0.15, 0.2) is 0 Å². The number of benzene rings is 4. The maximum atomic E-state index is 12.4. The van der Waals surface area contributed by atoms with Gasteiger partial charge in [-0.2, -0.15) is 0 Å².